The van der Waals surface area contributed by atoms with E-state index < -0.39 is 0 Å². The maximum atomic E-state index is 11.5. The van der Waals surface area contributed by atoms with Crippen LogP contribution in [-0.4, -0.2) is 18.7 Å². The van der Waals surface area contributed by atoms with Crippen LogP contribution in [0.5, 0.6) is 5.75 Å². The molecule has 0 spiro atoms. The number of amides is 1. The van der Waals surface area contributed by atoms with E-state index in [1.54, 1.807) is 29.7 Å². The summed E-state index contributed by atoms with van der Waals surface area (Å²) >= 11 is 4.88. The Morgan fingerprint density at radius 3 is 2.84 bits per heavy atom. The molecule has 4 nitrogen and oxygen atoms in total. The number of thiophene rings is 1. The highest BCUT2D eigenvalue weighted by Crippen LogP contribution is 2.15. The molecule has 0 saturated heterocycles. The monoisotopic (exact) mass is 338 g/mol. The number of hydrogen-bond acceptors (Lipinski definition) is 4. The lowest BCUT2D eigenvalue weighted by Gasteiger charge is -2.04. The van der Waals surface area contributed by atoms with Crippen LogP contribution in [0.25, 0.3) is 0 Å². The van der Waals surface area contributed by atoms with Crippen molar-refractivity contribution in [2.24, 2.45) is 5.10 Å². The van der Waals surface area contributed by atoms with E-state index in [1.165, 1.54) is 0 Å². The lowest BCUT2D eigenvalue weighted by molar-refractivity contribution is -0.123. The predicted molar refractivity (Wildman–Crippen MR) is 79.7 cm³/mol. The van der Waals surface area contributed by atoms with E-state index in [0.717, 1.165) is 9.35 Å². The van der Waals surface area contributed by atoms with Crippen molar-refractivity contribution in [2.75, 3.05) is 6.61 Å². The van der Waals surface area contributed by atoms with Crippen LogP contribution in [0.1, 0.15) is 4.88 Å². The molecule has 6 heteroatoms. The molecule has 1 N–H and O–H groups in total. The normalized spacial score (nSPS) is 10.6. The van der Waals surface area contributed by atoms with Crippen molar-refractivity contribution in [1.82, 2.24) is 5.43 Å². The van der Waals surface area contributed by atoms with Crippen LogP contribution >= 0.6 is 27.3 Å². The van der Waals surface area contributed by atoms with Crippen molar-refractivity contribution < 1.29 is 9.53 Å². The van der Waals surface area contributed by atoms with Gasteiger partial charge in [0.25, 0.3) is 5.91 Å². The van der Waals surface area contributed by atoms with E-state index in [0.29, 0.717) is 5.75 Å². The van der Waals surface area contributed by atoms with Gasteiger partial charge in [0.15, 0.2) is 6.61 Å². The zero-order valence-corrected chi connectivity index (χ0v) is 12.3. The van der Waals surface area contributed by atoms with E-state index in [-0.39, 0.29) is 12.5 Å². The quantitative estimate of drug-likeness (QED) is 0.672. The first-order valence-corrected chi connectivity index (χ1v) is 7.15. The van der Waals surface area contributed by atoms with Crippen LogP contribution in [0.3, 0.4) is 0 Å². The summed E-state index contributed by atoms with van der Waals surface area (Å²) < 4.78 is 6.27. The number of rotatable bonds is 5. The van der Waals surface area contributed by atoms with E-state index >= 15 is 0 Å². The molecular formula is C13H11BrN2O2S. The van der Waals surface area contributed by atoms with Gasteiger partial charge in [-0.15, -0.1) is 11.3 Å². The Balaban J connectivity index is 1.74. The van der Waals surface area contributed by atoms with E-state index in [2.05, 4.69) is 26.5 Å². The number of halogens is 1. The molecule has 1 amide bonds. The van der Waals surface area contributed by atoms with Gasteiger partial charge in [-0.05, 0) is 35.7 Å². The number of nitrogens with zero attached hydrogens (tertiary/aromatic N) is 1. The van der Waals surface area contributed by atoms with Crippen LogP contribution in [0.2, 0.25) is 0 Å². The predicted octanol–water partition coefficient (Wildman–Crippen LogP) is 3.04. The van der Waals surface area contributed by atoms with E-state index in [4.69, 9.17) is 4.74 Å². The van der Waals surface area contributed by atoms with Crippen molar-refractivity contribution >= 4 is 39.4 Å². The second-order valence-electron chi connectivity index (χ2n) is 3.55. The molecule has 0 fully saturated rings. The maximum absolute atomic E-state index is 11.5. The third-order valence-corrected chi connectivity index (χ3v) is 3.44. The Bertz CT molecular complexity index is 553. The van der Waals surface area contributed by atoms with Gasteiger partial charge >= 0.3 is 0 Å². The van der Waals surface area contributed by atoms with Gasteiger partial charge in [-0.3, -0.25) is 4.79 Å². The molecule has 2 rings (SSSR count). The fourth-order valence-corrected chi connectivity index (χ4v) is 2.09. The molecule has 1 aromatic heterocycles. The molecule has 0 atom stereocenters. The zero-order valence-electron chi connectivity index (χ0n) is 9.88. The molecule has 1 aromatic carbocycles. The minimum Gasteiger partial charge on any atom is -0.484 e. The third-order valence-electron chi connectivity index (χ3n) is 2.11. The smallest absolute Gasteiger partial charge is 0.277 e. The van der Waals surface area contributed by atoms with Crippen molar-refractivity contribution in [2.45, 2.75) is 0 Å². The number of nitrogens with one attached hydrogen (secondary N) is 1. The van der Waals surface area contributed by atoms with Crippen molar-refractivity contribution in [3.05, 3.63) is 51.1 Å². The molecule has 0 unspecified atom stereocenters. The number of benzene rings is 1. The molecular weight excluding hydrogens is 328 g/mol. The summed E-state index contributed by atoms with van der Waals surface area (Å²) in [5.74, 6) is 0.344. The summed E-state index contributed by atoms with van der Waals surface area (Å²) in [6.45, 7) is -0.0661. The van der Waals surface area contributed by atoms with E-state index in [9.17, 15) is 4.79 Å². The number of carbonyl (C=O) groups excluding carboxylic acids is 1. The minimum absolute atomic E-state index is 0.0661. The summed E-state index contributed by atoms with van der Waals surface area (Å²) in [5, 5.41) is 5.78. The second-order valence-corrected chi connectivity index (χ2v) is 5.45. The SMILES string of the molecule is O=C(COc1ccc(Br)cc1)N/N=C\c1cccs1. The Kier molecular flexibility index (Phi) is 5.11. The number of ether oxygens (including phenoxy) is 1. The summed E-state index contributed by atoms with van der Waals surface area (Å²) in [7, 11) is 0. The maximum Gasteiger partial charge on any atom is 0.277 e. The summed E-state index contributed by atoms with van der Waals surface area (Å²) in [6, 6.07) is 11.1. The average Bonchev–Trinajstić information content (AvgIpc) is 2.91. The molecule has 0 bridgehead atoms. The first-order valence-electron chi connectivity index (χ1n) is 5.48. The van der Waals surface area contributed by atoms with Crippen LogP contribution < -0.4 is 10.2 Å². The second kappa shape index (κ2) is 7.06. The number of hydrogen-bond donors (Lipinski definition) is 1. The fourth-order valence-electron chi connectivity index (χ4n) is 1.24. The van der Waals surface area contributed by atoms with Gasteiger partial charge in [0.2, 0.25) is 0 Å². The van der Waals surface area contributed by atoms with Gasteiger partial charge < -0.3 is 4.74 Å². The average molecular weight is 339 g/mol. The highest BCUT2D eigenvalue weighted by molar-refractivity contribution is 9.10. The van der Waals surface area contributed by atoms with E-state index in [1.807, 2.05) is 29.6 Å². The number of carbonyl (C=O) groups is 1. The fraction of sp³-hybridized carbons (Fsp3) is 0.0769. The molecule has 0 aliphatic rings. The summed E-state index contributed by atoms with van der Waals surface area (Å²) in [5.41, 5.74) is 2.41. The summed E-state index contributed by atoms with van der Waals surface area (Å²) in [4.78, 5) is 12.4. The van der Waals surface area contributed by atoms with Crippen LogP contribution in [-0.2, 0) is 4.79 Å². The van der Waals surface area contributed by atoms with Crippen LogP contribution in [0, 0.1) is 0 Å². The molecule has 0 aliphatic carbocycles. The molecule has 2 aromatic rings. The van der Waals surface area contributed by atoms with Gasteiger partial charge in [0.05, 0.1) is 6.21 Å². The van der Waals surface area contributed by atoms with Crippen molar-refractivity contribution in [3.63, 3.8) is 0 Å². The summed E-state index contributed by atoms with van der Waals surface area (Å²) in [6.07, 6.45) is 1.60. The van der Waals surface area contributed by atoms with Gasteiger partial charge in [-0.25, -0.2) is 5.43 Å². The van der Waals surface area contributed by atoms with Gasteiger partial charge in [0.1, 0.15) is 5.75 Å². The van der Waals surface area contributed by atoms with Gasteiger partial charge in [-0.2, -0.15) is 5.10 Å². The Morgan fingerprint density at radius 1 is 1.37 bits per heavy atom. The van der Waals surface area contributed by atoms with Crippen LogP contribution in [0.4, 0.5) is 0 Å². The lowest BCUT2D eigenvalue weighted by atomic mass is 10.3. The Labute approximate surface area is 123 Å². The van der Waals surface area contributed by atoms with Gasteiger partial charge in [-0.1, -0.05) is 22.0 Å². The standard InChI is InChI=1S/C13H11BrN2O2S/c14-10-3-5-11(6-4-10)18-9-13(17)16-15-8-12-2-1-7-19-12/h1-8H,9H2,(H,16,17)/b15-8-. The molecule has 0 radical (unpaired) electrons. The van der Waals surface area contributed by atoms with Crippen molar-refractivity contribution in [3.8, 4) is 5.75 Å². The number of hydrazone groups is 1. The first kappa shape index (κ1) is 13.8. The largest absolute Gasteiger partial charge is 0.484 e. The molecule has 1 heterocycles. The highest BCUT2D eigenvalue weighted by Gasteiger charge is 2.01. The van der Waals surface area contributed by atoms with Crippen LogP contribution in [0.15, 0.2) is 51.4 Å². The first-order chi connectivity index (χ1) is 9.24. The lowest BCUT2D eigenvalue weighted by Crippen LogP contribution is -2.24. The molecule has 0 aliphatic heterocycles. The molecule has 98 valence electrons. The zero-order chi connectivity index (χ0) is 13.5. The minimum atomic E-state index is -0.296. The Morgan fingerprint density at radius 2 is 2.16 bits per heavy atom. The molecule has 0 saturated carbocycles. The third kappa shape index (κ3) is 4.84. The van der Waals surface area contributed by atoms with Gasteiger partial charge in [0, 0.05) is 9.35 Å². The topological polar surface area (TPSA) is 50.7 Å². The van der Waals surface area contributed by atoms with Crippen molar-refractivity contribution in [1.29, 1.82) is 0 Å². The molecule has 19 heavy (non-hydrogen) atoms. The Hall–Kier alpha value is -1.66. The highest BCUT2D eigenvalue weighted by atomic mass is 79.9.